The smallest absolute Gasteiger partial charge is 0.273 e. The van der Waals surface area contributed by atoms with Gasteiger partial charge in [-0.15, -0.1) is 17.5 Å². The van der Waals surface area contributed by atoms with Gasteiger partial charge in [0.1, 0.15) is 0 Å². The van der Waals surface area contributed by atoms with Gasteiger partial charge in [-0.1, -0.05) is 12.1 Å². The Balaban J connectivity index is 0.00000264. The number of hydrogen-bond acceptors (Lipinski definition) is 5. The minimum atomic E-state index is -0.105. The highest BCUT2D eigenvalue weighted by atomic mass is 35.5. The van der Waals surface area contributed by atoms with E-state index in [9.17, 15) is 4.79 Å². The molecule has 0 aliphatic carbocycles. The van der Waals surface area contributed by atoms with E-state index < -0.39 is 0 Å². The summed E-state index contributed by atoms with van der Waals surface area (Å²) < 4.78 is 1.92. The fourth-order valence-corrected chi connectivity index (χ4v) is 3.53. The van der Waals surface area contributed by atoms with Gasteiger partial charge >= 0.3 is 0 Å². The standard InChI is InChI=1S/C15H27N5OS.ClH/c1-4-22-10-7-11(2)17-15(21)14-12(3)20(19-18-14)13-5-8-16-9-6-13;/h11,13,16H,4-10H2,1-3H3,(H,17,21);1H. The van der Waals surface area contributed by atoms with Crippen LogP contribution < -0.4 is 10.6 Å². The summed E-state index contributed by atoms with van der Waals surface area (Å²) in [5.41, 5.74) is 1.34. The third kappa shape index (κ3) is 5.65. The van der Waals surface area contributed by atoms with Crippen molar-refractivity contribution in [3.05, 3.63) is 11.4 Å². The van der Waals surface area contributed by atoms with Gasteiger partial charge in [0.15, 0.2) is 5.69 Å². The predicted octanol–water partition coefficient (Wildman–Crippen LogP) is 2.19. The van der Waals surface area contributed by atoms with Gasteiger partial charge in [-0.3, -0.25) is 4.79 Å². The van der Waals surface area contributed by atoms with E-state index in [0.717, 1.165) is 49.6 Å². The molecule has 0 bridgehead atoms. The molecule has 1 fully saturated rings. The molecule has 2 rings (SSSR count). The lowest BCUT2D eigenvalue weighted by Gasteiger charge is -2.23. The van der Waals surface area contributed by atoms with Crippen LogP contribution in [0.4, 0.5) is 0 Å². The zero-order chi connectivity index (χ0) is 15.9. The van der Waals surface area contributed by atoms with E-state index in [4.69, 9.17) is 0 Å². The molecule has 23 heavy (non-hydrogen) atoms. The molecule has 0 saturated carbocycles. The van der Waals surface area contributed by atoms with Crippen molar-refractivity contribution in [2.75, 3.05) is 24.6 Å². The molecule has 6 nitrogen and oxygen atoms in total. The minimum absolute atomic E-state index is 0. The Kier molecular flexibility index (Phi) is 8.94. The molecule has 1 saturated heterocycles. The average molecular weight is 362 g/mol. The average Bonchev–Trinajstić information content (AvgIpc) is 2.90. The zero-order valence-corrected chi connectivity index (χ0v) is 15.8. The van der Waals surface area contributed by atoms with Crippen LogP contribution in [0.25, 0.3) is 0 Å². The zero-order valence-electron chi connectivity index (χ0n) is 14.2. The van der Waals surface area contributed by atoms with E-state index in [2.05, 4.69) is 27.9 Å². The number of aromatic nitrogens is 3. The van der Waals surface area contributed by atoms with Crippen molar-refractivity contribution in [3.8, 4) is 0 Å². The fourth-order valence-electron chi connectivity index (χ4n) is 2.72. The van der Waals surface area contributed by atoms with Gasteiger partial charge in [-0.05, 0) is 57.7 Å². The molecule has 1 amide bonds. The Morgan fingerprint density at radius 1 is 1.48 bits per heavy atom. The molecule has 1 aliphatic heterocycles. The molecule has 1 aromatic heterocycles. The molecule has 1 aliphatic rings. The lowest BCUT2D eigenvalue weighted by Crippen LogP contribution is -2.34. The topological polar surface area (TPSA) is 71.8 Å². The molecule has 8 heteroatoms. The van der Waals surface area contributed by atoms with E-state index in [0.29, 0.717) is 11.7 Å². The second kappa shape index (κ2) is 10.2. The third-order valence-corrected chi connectivity index (χ3v) is 5.01. The third-order valence-electron chi connectivity index (χ3n) is 4.07. The molecular formula is C15H28ClN5OS. The van der Waals surface area contributed by atoms with Crippen molar-refractivity contribution < 1.29 is 4.79 Å². The number of hydrogen-bond donors (Lipinski definition) is 2. The van der Waals surface area contributed by atoms with E-state index in [1.54, 1.807) is 0 Å². The van der Waals surface area contributed by atoms with Gasteiger partial charge in [-0.25, -0.2) is 4.68 Å². The van der Waals surface area contributed by atoms with E-state index in [1.165, 1.54) is 0 Å². The first-order valence-electron chi connectivity index (χ1n) is 8.14. The minimum Gasteiger partial charge on any atom is -0.348 e. The first-order chi connectivity index (χ1) is 10.6. The predicted molar refractivity (Wildman–Crippen MR) is 97.7 cm³/mol. The molecule has 2 N–H and O–H groups in total. The quantitative estimate of drug-likeness (QED) is 0.728. The van der Waals surface area contributed by atoms with Crippen LogP contribution in [0, 0.1) is 6.92 Å². The number of carbonyl (C=O) groups is 1. The van der Waals surface area contributed by atoms with Crippen molar-refractivity contribution in [1.82, 2.24) is 25.6 Å². The van der Waals surface area contributed by atoms with Crippen LogP contribution in [0.15, 0.2) is 0 Å². The van der Waals surface area contributed by atoms with Crippen LogP contribution in [0.5, 0.6) is 0 Å². The van der Waals surface area contributed by atoms with Gasteiger partial charge in [-0.2, -0.15) is 11.8 Å². The normalized spacial score (nSPS) is 16.7. The molecule has 132 valence electrons. The lowest BCUT2D eigenvalue weighted by atomic mass is 10.1. The molecule has 1 aromatic rings. The highest BCUT2D eigenvalue weighted by Crippen LogP contribution is 2.20. The summed E-state index contributed by atoms with van der Waals surface area (Å²) in [6, 6.07) is 0.517. The Hall–Kier alpha value is -0.790. The van der Waals surface area contributed by atoms with Crippen molar-refractivity contribution in [2.45, 2.75) is 52.1 Å². The first-order valence-corrected chi connectivity index (χ1v) is 9.30. The SMILES string of the molecule is CCSCCC(C)NC(=O)c1nnn(C2CCNCC2)c1C.Cl. The number of rotatable bonds is 7. The Morgan fingerprint density at radius 2 is 2.17 bits per heavy atom. The molecule has 0 radical (unpaired) electrons. The lowest BCUT2D eigenvalue weighted by molar-refractivity contribution is 0.0933. The number of nitrogens with zero attached hydrogens (tertiary/aromatic N) is 3. The number of thioether (sulfide) groups is 1. The maximum Gasteiger partial charge on any atom is 0.273 e. The van der Waals surface area contributed by atoms with Crippen LogP contribution in [0.1, 0.15) is 55.3 Å². The largest absolute Gasteiger partial charge is 0.348 e. The molecule has 1 unspecified atom stereocenters. The summed E-state index contributed by atoms with van der Waals surface area (Å²) in [5.74, 6) is 2.08. The monoisotopic (exact) mass is 361 g/mol. The number of carbonyl (C=O) groups excluding carboxylic acids is 1. The van der Waals surface area contributed by atoms with Crippen LogP contribution in [0.2, 0.25) is 0 Å². The van der Waals surface area contributed by atoms with Gasteiger partial charge in [0, 0.05) is 6.04 Å². The summed E-state index contributed by atoms with van der Waals surface area (Å²) >= 11 is 1.90. The van der Waals surface area contributed by atoms with Crippen LogP contribution in [-0.4, -0.2) is 51.5 Å². The van der Waals surface area contributed by atoms with Gasteiger partial charge in [0.25, 0.3) is 5.91 Å². The van der Waals surface area contributed by atoms with Crippen molar-refractivity contribution in [1.29, 1.82) is 0 Å². The molecule has 2 heterocycles. The van der Waals surface area contributed by atoms with E-state index in [1.807, 2.05) is 30.3 Å². The van der Waals surface area contributed by atoms with Gasteiger partial charge in [0.2, 0.25) is 0 Å². The van der Waals surface area contributed by atoms with Crippen molar-refractivity contribution >= 4 is 30.1 Å². The Labute approximate surface area is 149 Å². The van der Waals surface area contributed by atoms with E-state index in [-0.39, 0.29) is 24.4 Å². The second-order valence-electron chi connectivity index (χ2n) is 5.81. The van der Waals surface area contributed by atoms with E-state index >= 15 is 0 Å². The fraction of sp³-hybridized carbons (Fsp3) is 0.800. The summed E-state index contributed by atoms with van der Waals surface area (Å²) in [7, 11) is 0. The summed E-state index contributed by atoms with van der Waals surface area (Å²) in [6.45, 7) is 8.13. The number of halogens is 1. The molecule has 0 aromatic carbocycles. The van der Waals surface area contributed by atoms with Gasteiger partial charge in [0.05, 0.1) is 11.7 Å². The first kappa shape index (κ1) is 20.3. The van der Waals surface area contributed by atoms with Crippen LogP contribution in [-0.2, 0) is 0 Å². The molecule has 0 spiro atoms. The van der Waals surface area contributed by atoms with Crippen molar-refractivity contribution in [3.63, 3.8) is 0 Å². The number of piperidine rings is 1. The summed E-state index contributed by atoms with van der Waals surface area (Å²) in [4.78, 5) is 12.4. The Bertz CT molecular complexity index is 490. The van der Waals surface area contributed by atoms with Gasteiger partial charge < -0.3 is 10.6 Å². The highest BCUT2D eigenvalue weighted by Gasteiger charge is 2.23. The maximum atomic E-state index is 12.4. The van der Waals surface area contributed by atoms with Crippen LogP contribution in [0.3, 0.4) is 0 Å². The summed E-state index contributed by atoms with van der Waals surface area (Å²) in [6.07, 6.45) is 3.05. The number of nitrogens with one attached hydrogen (secondary N) is 2. The van der Waals surface area contributed by atoms with Crippen LogP contribution >= 0.6 is 24.2 Å². The van der Waals surface area contributed by atoms with Crippen molar-refractivity contribution in [2.24, 2.45) is 0 Å². The number of amides is 1. The maximum absolute atomic E-state index is 12.4. The second-order valence-corrected chi connectivity index (χ2v) is 7.20. The highest BCUT2D eigenvalue weighted by molar-refractivity contribution is 7.99. The molecular weight excluding hydrogens is 334 g/mol. The summed E-state index contributed by atoms with van der Waals surface area (Å²) in [5, 5.41) is 14.7. The molecule has 1 atom stereocenters. The Morgan fingerprint density at radius 3 is 2.83 bits per heavy atom.